The molecule has 120 valence electrons. The van der Waals surface area contributed by atoms with Crippen molar-refractivity contribution < 1.29 is 8.91 Å². The Labute approximate surface area is 146 Å². The molecule has 0 spiro atoms. The van der Waals surface area contributed by atoms with E-state index in [0.717, 1.165) is 11.1 Å². The number of aromatic nitrogens is 2. The monoisotopic (exact) mass is 386 g/mol. The van der Waals surface area contributed by atoms with Gasteiger partial charge in [0.05, 0.1) is 16.7 Å². The summed E-state index contributed by atoms with van der Waals surface area (Å²) in [5.74, 6) is 0.384. The third kappa shape index (κ3) is 3.29. The predicted octanol–water partition coefficient (Wildman–Crippen LogP) is 4.43. The minimum Gasteiger partial charge on any atom is -0.334 e. The summed E-state index contributed by atoms with van der Waals surface area (Å²) in [4.78, 5) is 5.70. The molecule has 0 amide bonds. The molecular formula is C17H12BrFN4O. The van der Waals surface area contributed by atoms with Gasteiger partial charge in [0.2, 0.25) is 0 Å². The standard InChI is InChI=1S/C17H12BrFN4O/c1-11-4-2-3-5-13(11)17-21-16(22-24-17)9-23(10-20)12-6-7-15(19)14(18)8-12/h2-8H,9H2,1H3. The number of nitriles is 1. The van der Waals surface area contributed by atoms with Crippen LogP contribution in [0, 0.1) is 24.2 Å². The molecule has 0 unspecified atom stereocenters. The van der Waals surface area contributed by atoms with Gasteiger partial charge in [0.1, 0.15) is 5.82 Å². The third-order valence-corrected chi connectivity index (χ3v) is 4.09. The molecular weight excluding hydrogens is 375 g/mol. The van der Waals surface area contributed by atoms with E-state index in [1.54, 1.807) is 0 Å². The molecule has 0 atom stereocenters. The van der Waals surface area contributed by atoms with Crippen molar-refractivity contribution in [1.82, 2.24) is 10.1 Å². The fraction of sp³-hybridized carbons (Fsp3) is 0.118. The highest BCUT2D eigenvalue weighted by atomic mass is 79.9. The molecule has 1 heterocycles. The molecule has 0 saturated heterocycles. The smallest absolute Gasteiger partial charge is 0.258 e. The van der Waals surface area contributed by atoms with Crippen molar-refractivity contribution >= 4 is 21.6 Å². The van der Waals surface area contributed by atoms with Gasteiger partial charge in [-0.25, -0.2) is 4.39 Å². The first-order valence-electron chi connectivity index (χ1n) is 7.09. The van der Waals surface area contributed by atoms with E-state index in [1.165, 1.54) is 23.1 Å². The molecule has 0 bridgehead atoms. The molecule has 0 radical (unpaired) electrons. The molecule has 0 saturated carbocycles. The van der Waals surface area contributed by atoms with E-state index in [-0.39, 0.29) is 11.0 Å². The molecule has 0 aliphatic heterocycles. The van der Waals surface area contributed by atoms with Gasteiger partial charge in [-0.15, -0.1) is 0 Å². The lowest BCUT2D eigenvalue weighted by Gasteiger charge is -2.13. The number of aryl methyl sites for hydroxylation is 1. The van der Waals surface area contributed by atoms with Crippen LogP contribution in [0.1, 0.15) is 11.4 Å². The highest BCUT2D eigenvalue weighted by molar-refractivity contribution is 9.10. The van der Waals surface area contributed by atoms with E-state index in [2.05, 4.69) is 26.1 Å². The number of rotatable bonds is 4. The average molecular weight is 387 g/mol. The summed E-state index contributed by atoms with van der Waals surface area (Å²) >= 11 is 3.11. The first kappa shape index (κ1) is 16.1. The van der Waals surface area contributed by atoms with Crippen LogP contribution >= 0.6 is 15.9 Å². The molecule has 1 aromatic heterocycles. The van der Waals surface area contributed by atoms with Crippen LogP contribution in [0.15, 0.2) is 51.5 Å². The molecule has 24 heavy (non-hydrogen) atoms. The van der Waals surface area contributed by atoms with Gasteiger partial charge >= 0.3 is 0 Å². The van der Waals surface area contributed by atoms with Crippen molar-refractivity contribution in [3.8, 4) is 17.6 Å². The third-order valence-electron chi connectivity index (χ3n) is 3.48. The maximum absolute atomic E-state index is 13.3. The van der Waals surface area contributed by atoms with Crippen LogP contribution in [-0.2, 0) is 6.54 Å². The second-order valence-electron chi connectivity index (χ2n) is 5.12. The Hall–Kier alpha value is -2.72. The highest BCUT2D eigenvalue weighted by Crippen LogP contribution is 2.25. The summed E-state index contributed by atoms with van der Waals surface area (Å²) in [6, 6.07) is 12.0. The fourth-order valence-electron chi connectivity index (χ4n) is 2.22. The van der Waals surface area contributed by atoms with Crippen LogP contribution in [-0.4, -0.2) is 10.1 Å². The number of hydrogen-bond acceptors (Lipinski definition) is 5. The Morgan fingerprint density at radius 2 is 2.08 bits per heavy atom. The molecule has 0 fully saturated rings. The van der Waals surface area contributed by atoms with Gasteiger partial charge in [-0.2, -0.15) is 10.2 Å². The quantitative estimate of drug-likeness (QED) is 0.489. The average Bonchev–Trinajstić information content (AvgIpc) is 3.04. The van der Waals surface area contributed by atoms with Crippen molar-refractivity contribution in [3.05, 3.63) is 64.1 Å². The Morgan fingerprint density at radius 3 is 2.79 bits per heavy atom. The summed E-state index contributed by atoms with van der Waals surface area (Å²) in [6.07, 6.45) is 2.04. The number of hydrogen-bond donors (Lipinski definition) is 0. The molecule has 7 heteroatoms. The van der Waals surface area contributed by atoms with Crippen molar-refractivity contribution in [2.45, 2.75) is 13.5 Å². The molecule has 0 aliphatic carbocycles. The lowest BCUT2D eigenvalue weighted by Crippen LogP contribution is -2.16. The van der Waals surface area contributed by atoms with Crippen molar-refractivity contribution in [1.29, 1.82) is 5.26 Å². The summed E-state index contributed by atoms with van der Waals surface area (Å²) in [5.41, 5.74) is 2.41. The van der Waals surface area contributed by atoms with Crippen molar-refractivity contribution in [3.63, 3.8) is 0 Å². The van der Waals surface area contributed by atoms with Gasteiger partial charge in [-0.3, -0.25) is 4.90 Å². The number of benzene rings is 2. The number of halogens is 2. The van der Waals surface area contributed by atoms with Crippen molar-refractivity contribution in [2.24, 2.45) is 0 Å². The van der Waals surface area contributed by atoms with Crippen LogP contribution in [0.5, 0.6) is 0 Å². The second kappa shape index (κ2) is 6.81. The van der Waals surface area contributed by atoms with Crippen LogP contribution in [0.3, 0.4) is 0 Å². The molecule has 0 aliphatic rings. The molecule has 5 nitrogen and oxygen atoms in total. The van der Waals surface area contributed by atoms with E-state index < -0.39 is 5.82 Å². The first-order chi connectivity index (χ1) is 11.6. The Bertz CT molecular complexity index is 919. The Kier molecular flexibility index (Phi) is 4.58. The van der Waals surface area contributed by atoms with Crippen LogP contribution in [0.25, 0.3) is 11.5 Å². The summed E-state index contributed by atoms with van der Waals surface area (Å²) in [5, 5.41) is 13.3. The first-order valence-corrected chi connectivity index (χ1v) is 7.88. The van der Waals surface area contributed by atoms with Crippen LogP contribution < -0.4 is 4.90 Å². The normalized spacial score (nSPS) is 10.4. The molecule has 3 rings (SSSR count). The maximum Gasteiger partial charge on any atom is 0.258 e. The lowest BCUT2D eigenvalue weighted by atomic mass is 10.1. The van der Waals surface area contributed by atoms with E-state index in [4.69, 9.17) is 4.52 Å². The van der Waals surface area contributed by atoms with E-state index in [9.17, 15) is 9.65 Å². The fourth-order valence-corrected chi connectivity index (χ4v) is 2.59. The summed E-state index contributed by atoms with van der Waals surface area (Å²) in [6.45, 7) is 2.08. The SMILES string of the molecule is Cc1ccccc1-c1nc(CN(C#N)c2ccc(F)c(Br)c2)no1. The van der Waals surface area contributed by atoms with E-state index in [0.29, 0.717) is 17.4 Å². The zero-order valence-corrected chi connectivity index (χ0v) is 14.3. The maximum atomic E-state index is 13.3. The second-order valence-corrected chi connectivity index (χ2v) is 5.97. The zero-order chi connectivity index (χ0) is 17.1. The topological polar surface area (TPSA) is 66.0 Å². The van der Waals surface area contributed by atoms with Crippen LogP contribution in [0.2, 0.25) is 0 Å². The molecule has 3 aromatic rings. The van der Waals surface area contributed by atoms with Gasteiger partial charge in [-0.05, 0) is 52.7 Å². The summed E-state index contributed by atoms with van der Waals surface area (Å²) in [7, 11) is 0. The number of nitrogens with zero attached hydrogens (tertiary/aromatic N) is 4. The van der Waals surface area contributed by atoms with Gasteiger partial charge < -0.3 is 4.52 Å². The van der Waals surface area contributed by atoms with Gasteiger partial charge in [-0.1, -0.05) is 23.4 Å². The minimum atomic E-state index is -0.391. The predicted molar refractivity (Wildman–Crippen MR) is 90.4 cm³/mol. The van der Waals surface area contributed by atoms with Gasteiger partial charge in [0.15, 0.2) is 12.0 Å². The van der Waals surface area contributed by atoms with Gasteiger partial charge in [0.25, 0.3) is 5.89 Å². The number of anilines is 1. The molecule has 2 aromatic carbocycles. The van der Waals surface area contributed by atoms with Crippen LogP contribution in [0.4, 0.5) is 10.1 Å². The van der Waals surface area contributed by atoms with E-state index in [1.807, 2.05) is 37.4 Å². The van der Waals surface area contributed by atoms with Gasteiger partial charge in [0, 0.05) is 5.56 Å². The Balaban J connectivity index is 1.84. The van der Waals surface area contributed by atoms with Crippen molar-refractivity contribution in [2.75, 3.05) is 4.90 Å². The van der Waals surface area contributed by atoms with E-state index >= 15 is 0 Å². The summed E-state index contributed by atoms with van der Waals surface area (Å²) < 4.78 is 18.9. The minimum absolute atomic E-state index is 0.129. The lowest BCUT2D eigenvalue weighted by molar-refractivity contribution is 0.422. The highest BCUT2D eigenvalue weighted by Gasteiger charge is 2.15. The largest absolute Gasteiger partial charge is 0.334 e. The Morgan fingerprint density at radius 1 is 1.29 bits per heavy atom. The molecule has 0 N–H and O–H groups in total. The zero-order valence-electron chi connectivity index (χ0n) is 12.7.